The van der Waals surface area contributed by atoms with Crippen LogP contribution in [-0.4, -0.2) is 62.9 Å². The van der Waals surface area contributed by atoms with Gasteiger partial charge in [0.15, 0.2) is 0 Å². The second-order valence-corrected chi connectivity index (χ2v) is 14.5. The Labute approximate surface area is 240 Å². The molecule has 0 bridgehead atoms. The third kappa shape index (κ3) is 6.39. The molecule has 40 heavy (non-hydrogen) atoms. The molecule has 0 atom stereocenters. The van der Waals surface area contributed by atoms with Gasteiger partial charge in [0.05, 0.1) is 12.7 Å². The zero-order valence-electron chi connectivity index (χ0n) is 25.3. The summed E-state index contributed by atoms with van der Waals surface area (Å²) in [7, 11) is -0.262. The highest BCUT2D eigenvalue weighted by Gasteiger charge is 2.48. The number of benzene rings is 1. The third-order valence-corrected chi connectivity index (χ3v) is 9.99. The maximum absolute atomic E-state index is 13.3. The largest absolute Gasteiger partial charge is 0.494 e. The fraction of sp³-hybridized carbons (Fsp3) is 0.667. The lowest BCUT2D eigenvalue weighted by Gasteiger charge is -2.34. The molecule has 1 N–H and O–H groups in total. The molecule has 1 saturated carbocycles. The minimum atomic E-state index is -3.69. The van der Waals surface area contributed by atoms with E-state index in [1.165, 1.54) is 9.71 Å². The Kier molecular flexibility index (Phi) is 8.74. The lowest BCUT2D eigenvalue weighted by molar-refractivity contribution is -0.125. The van der Waals surface area contributed by atoms with E-state index in [0.29, 0.717) is 24.5 Å². The number of aliphatic imine (C=N–C) groups is 1. The number of ether oxygens (including phenoxy) is 1. The number of sulfonamides is 1. The van der Waals surface area contributed by atoms with Crippen LogP contribution in [0.2, 0.25) is 0 Å². The van der Waals surface area contributed by atoms with Crippen LogP contribution < -0.4 is 15.1 Å². The van der Waals surface area contributed by atoms with Gasteiger partial charge in [-0.1, -0.05) is 19.8 Å². The molecule has 1 amide bonds. The summed E-state index contributed by atoms with van der Waals surface area (Å²) >= 11 is 0. The van der Waals surface area contributed by atoms with Crippen LogP contribution in [0, 0.1) is 25.7 Å². The standard InChI is InChI=1S/C30H46N4O5S/c1-20-9-11-23(12-10-20)27-31-28(35)30(32-27)14-16-34(17-15-30)40(36,37)18-13-24-21(2)19-25(26(38-8)22(24)3)33(7)39-29(4,5)6/h13,18-20,23H,9-12,14-17H2,1-8H3,(H,31,32,35)/b18-13+. The Morgan fingerprint density at radius 1 is 1.15 bits per heavy atom. The number of anilines is 1. The number of nitrogens with one attached hydrogen (secondary N) is 1. The van der Waals surface area contributed by atoms with Gasteiger partial charge in [-0.3, -0.25) is 19.7 Å². The van der Waals surface area contributed by atoms with Crippen molar-refractivity contribution in [3.63, 3.8) is 0 Å². The molecule has 0 radical (unpaired) electrons. The van der Waals surface area contributed by atoms with Crippen molar-refractivity contribution in [3.05, 3.63) is 28.2 Å². The molecule has 1 aliphatic carbocycles. The number of methoxy groups -OCH3 is 1. The van der Waals surface area contributed by atoms with Crippen LogP contribution in [0.25, 0.3) is 6.08 Å². The first-order chi connectivity index (χ1) is 18.7. The van der Waals surface area contributed by atoms with E-state index in [-0.39, 0.29) is 24.6 Å². The van der Waals surface area contributed by atoms with Crippen molar-refractivity contribution in [2.45, 2.75) is 91.2 Å². The highest BCUT2D eigenvalue weighted by Crippen LogP contribution is 2.38. The quantitative estimate of drug-likeness (QED) is 0.462. The van der Waals surface area contributed by atoms with E-state index in [1.54, 1.807) is 18.2 Å². The Bertz CT molecular complexity index is 1280. The number of aryl methyl sites for hydroxylation is 1. The van der Waals surface area contributed by atoms with E-state index >= 15 is 0 Å². The molecule has 1 spiro atoms. The highest BCUT2D eigenvalue weighted by molar-refractivity contribution is 7.92. The van der Waals surface area contributed by atoms with E-state index in [2.05, 4.69) is 12.2 Å². The van der Waals surface area contributed by atoms with Gasteiger partial charge in [-0.15, -0.1) is 0 Å². The first-order valence-electron chi connectivity index (χ1n) is 14.4. The van der Waals surface area contributed by atoms with Crippen molar-refractivity contribution >= 4 is 33.5 Å². The maximum atomic E-state index is 13.3. The average Bonchev–Trinajstić information content (AvgIpc) is 3.18. The summed E-state index contributed by atoms with van der Waals surface area (Å²) in [5.41, 5.74) is 2.06. The van der Waals surface area contributed by atoms with E-state index < -0.39 is 15.6 Å². The van der Waals surface area contributed by atoms with Gasteiger partial charge in [-0.25, -0.2) is 8.42 Å². The lowest BCUT2D eigenvalue weighted by atomic mass is 9.82. The van der Waals surface area contributed by atoms with Gasteiger partial charge >= 0.3 is 0 Å². The van der Waals surface area contributed by atoms with Gasteiger partial charge in [0, 0.05) is 37.0 Å². The van der Waals surface area contributed by atoms with Gasteiger partial charge in [-0.2, -0.15) is 4.31 Å². The fourth-order valence-corrected chi connectivity index (χ4v) is 7.30. The Morgan fingerprint density at radius 3 is 2.35 bits per heavy atom. The van der Waals surface area contributed by atoms with E-state index in [1.807, 2.05) is 47.7 Å². The van der Waals surface area contributed by atoms with E-state index in [0.717, 1.165) is 59.8 Å². The number of piperidine rings is 1. The van der Waals surface area contributed by atoms with Crippen molar-refractivity contribution in [1.82, 2.24) is 9.62 Å². The molecule has 9 nitrogen and oxygen atoms in total. The number of carbonyl (C=O) groups excluding carboxylic acids is 1. The fourth-order valence-electron chi connectivity index (χ4n) is 6.12. The summed E-state index contributed by atoms with van der Waals surface area (Å²) in [6.45, 7) is 12.6. The predicted octanol–water partition coefficient (Wildman–Crippen LogP) is 4.97. The molecule has 1 saturated heterocycles. The number of amides is 1. The second-order valence-electron chi connectivity index (χ2n) is 12.7. The van der Waals surface area contributed by atoms with Crippen molar-refractivity contribution in [3.8, 4) is 5.75 Å². The monoisotopic (exact) mass is 574 g/mol. The van der Waals surface area contributed by atoms with Crippen molar-refractivity contribution < 1.29 is 22.8 Å². The third-order valence-electron chi connectivity index (χ3n) is 8.43. The lowest BCUT2D eigenvalue weighted by Crippen LogP contribution is -2.50. The SMILES string of the molecule is COc1c(N(C)OC(C)(C)C)cc(C)c(/C=C/S(=O)(=O)N2CCC3(CC2)N=C(C2CCC(C)CC2)NC3=O)c1C. The Hall–Kier alpha value is -2.43. The molecule has 1 aromatic carbocycles. The molecule has 2 fully saturated rings. The molecule has 10 heteroatoms. The number of nitrogens with zero attached hydrogens (tertiary/aromatic N) is 3. The minimum absolute atomic E-state index is 0.0763. The number of hydrogen-bond acceptors (Lipinski definition) is 7. The average molecular weight is 575 g/mol. The van der Waals surface area contributed by atoms with Gasteiger partial charge in [0.1, 0.15) is 22.8 Å². The minimum Gasteiger partial charge on any atom is -0.494 e. The van der Waals surface area contributed by atoms with Gasteiger partial charge < -0.3 is 10.1 Å². The van der Waals surface area contributed by atoms with Crippen LogP contribution in [0.15, 0.2) is 16.5 Å². The molecule has 1 aromatic rings. The van der Waals surface area contributed by atoms with Crippen LogP contribution in [-0.2, 0) is 19.7 Å². The van der Waals surface area contributed by atoms with Crippen molar-refractivity contribution in [2.75, 3.05) is 32.3 Å². The molecule has 3 aliphatic rings. The topological polar surface area (TPSA) is 101 Å². The van der Waals surface area contributed by atoms with Gasteiger partial charge in [-0.05, 0) is 89.5 Å². The number of carbonyl (C=O) groups is 1. The van der Waals surface area contributed by atoms with Crippen LogP contribution in [0.5, 0.6) is 5.75 Å². The zero-order valence-corrected chi connectivity index (χ0v) is 26.2. The van der Waals surface area contributed by atoms with Crippen molar-refractivity contribution in [1.29, 1.82) is 0 Å². The Morgan fingerprint density at radius 2 is 1.77 bits per heavy atom. The first kappa shape index (κ1) is 30.5. The highest BCUT2D eigenvalue weighted by atomic mass is 32.2. The molecular weight excluding hydrogens is 528 g/mol. The second kappa shape index (κ2) is 11.4. The summed E-state index contributed by atoms with van der Waals surface area (Å²) in [4.78, 5) is 23.9. The van der Waals surface area contributed by atoms with Crippen molar-refractivity contribution in [2.24, 2.45) is 16.8 Å². The van der Waals surface area contributed by atoms with Crippen LogP contribution >= 0.6 is 0 Å². The molecule has 0 aromatic heterocycles. The molecule has 222 valence electrons. The summed E-state index contributed by atoms with van der Waals surface area (Å²) in [6, 6.07) is 1.94. The number of hydrogen-bond donors (Lipinski definition) is 1. The summed E-state index contributed by atoms with van der Waals surface area (Å²) < 4.78 is 33.8. The summed E-state index contributed by atoms with van der Waals surface area (Å²) in [5, 5.41) is 6.01. The summed E-state index contributed by atoms with van der Waals surface area (Å²) in [6.07, 6.45) is 6.82. The number of hydroxylamine groups is 1. The predicted molar refractivity (Wildman–Crippen MR) is 160 cm³/mol. The number of rotatable bonds is 7. The van der Waals surface area contributed by atoms with Gasteiger partial charge in [0.2, 0.25) is 10.0 Å². The summed E-state index contributed by atoms with van der Waals surface area (Å²) in [5.74, 6) is 2.39. The van der Waals surface area contributed by atoms with Crippen LogP contribution in [0.3, 0.4) is 0 Å². The Balaban J connectivity index is 1.48. The first-order valence-corrected chi connectivity index (χ1v) is 15.9. The normalized spacial score (nSPS) is 23.9. The van der Waals surface area contributed by atoms with E-state index in [9.17, 15) is 13.2 Å². The molecule has 4 rings (SSSR count). The zero-order chi connectivity index (χ0) is 29.5. The molecule has 2 heterocycles. The van der Waals surface area contributed by atoms with Crippen LogP contribution in [0.4, 0.5) is 5.69 Å². The molecular formula is C30H46N4O5S. The van der Waals surface area contributed by atoms with E-state index in [4.69, 9.17) is 14.6 Å². The van der Waals surface area contributed by atoms with Gasteiger partial charge in [0.25, 0.3) is 5.91 Å². The smallest absolute Gasteiger partial charge is 0.253 e. The van der Waals surface area contributed by atoms with Crippen LogP contribution in [0.1, 0.15) is 82.9 Å². The molecule has 0 unspecified atom stereocenters. The molecule has 2 aliphatic heterocycles. The maximum Gasteiger partial charge on any atom is 0.253 e. The number of amidine groups is 1.